The summed E-state index contributed by atoms with van der Waals surface area (Å²) in [5.74, 6) is 0.0408. The summed E-state index contributed by atoms with van der Waals surface area (Å²) in [4.78, 5) is 23.7. The SMILES string of the molecule is CC1CNCCN1C(=O)c1cnc2c(c1)ncn2C1CCOCC1.Cl.Cl. The molecule has 2 aromatic rings. The van der Waals surface area contributed by atoms with Gasteiger partial charge in [0.1, 0.15) is 5.52 Å². The van der Waals surface area contributed by atoms with E-state index in [9.17, 15) is 4.79 Å². The van der Waals surface area contributed by atoms with Crippen LogP contribution in [0.5, 0.6) is 0 Å². The number of hydrogen-bond donors (Lipinski definition) is 1. The highest BCUT2D eigenvalue weighted by molar-refractivity contribution is 5.96. The van der Waals surface area contributed by atoms with Crippen LogP contribution in [0.1, 0.15) is 36.2 Å². The molecule has 9 heteroatoms. The third-order valence-electron chi connectivity index (χ3n) is 5.01. The monoisotopic (exact) mass is 401 g/mol. The molecule has 2 aromatic heterocycles. The maximum absolute atomic E-state index is 12.8. The van der Waals surface area contributed by atoms with Crippen LogP contribution in [0.15, 0.2) is 18.6 Å². The molecule has 0 aromatic carbocycles. The van der Waals surface area contributed by atoms with Gasteiger partial charge >= 0.3 is 0 Å². The van der Waals surface area contributed by atoms with Gasteiger partial charge in [-0.1, -0.05) is 0 Å². The van der Waals surface area contributed by atoms with Crippen molar-refractivity contribution < 1.29 is 9.53 Å². The number of halogens is 2. The lowest BCUT2D eigenvalue weighted by molar-refractivity contribution is 0.0655. The number of amides is 1. The maximum Gasteiger partial charge on any atom is 0.255 e. The number of carbonyl (C=O) groups excluding carboxylic acids is 1. The van der Waals surface area contributed by atoms with Crippen LogP contribution < -0.4 is 5.32 Å². The first-order valence-corrected chi connectivity index (χ1v) is 8.66. The highest BCUT2D eigenvalue weighted by Crippen LogP contribution is 2.25. The summed E-state index contributed by atoms with van der Waals surface area (Å²) in [5, 5.41) is 3.30. The van der Waals surface area contributed by atoms with Crippen LogP contribution in [-0.4, -0.2) is 64.2 Å². The average molecular weight is 402 g/mol. The number of ether oxygens (including phenoxy) is 1. The molecule has 4 rings (SSSR count). The van der Waals surface area contributed by atoms with Crippen LogP contribution in [0, 0.1) is 0 Å². The molecule has 0 saturated carbocycles. The van der Waals surface area contributed by atoms with Gasteiger partial charge in [-0.25, -0.2) is 9.97 Å². The molecule has 2 aliphatic rings. The molecule has 0 bridgehead atoms. The van der Waals surface area contributed by atoms with E-state index in [-0.39, 0.29) is 36.8 Å². The average Bonchev–Trinajstić information content (AvgIpc) is 3.05. The largest absolute Gasteiger partial charge is 0.381 e. The van der Waals surface area contributed by atoms with Crippen molar-refractivity contribution in [1.82, 2.24) is 24.8 Å². The summed E-state index contributed by atoms with van der Waals surface area (Å²) < 4.78 is 7.55. The van der Waals surface area contributed by atoms with Crippen LogP contribution >= 0.6 is 24.8 Å². The second-order valence-electron chi connectivity index (χ2n) is 6.61. The van der Waals surface area contributed by atoms with Crippen molar-refractivity contribution in [3.8, 4) is 0 Å². The van der Waals surface area contributed by atoms with Gasteiger partial charge in [0, 0.05) is 51.1 Å². The van der Waals surface area contributed by atoms with E-state index in [0.29, 0.717) is 11.6 Å². The van der Waals surface area contributed by atoms with Gasteiger partial charge in [-0.05, 0) is 25.8 Å². The molecule has 1 unspecified atom stereocenters. The molecule has 2 fully saturated rings. The lowest BCUT2D eigenvalue weighted by atomic mass is 10.1. The van der Waals surface area contributed by atoms with Gasteiger partial charge in [0.2, 0.25) is 0 Å². The Balaban J connectivity index is 0.00000121. The number of pyridine rings is 1. The number of fused-ring (bicyclic) bond motifs is 1. The molecule has 1 atom stereocenters. The highest BCUT2D eigenvalue weighted by atomic mass is 35.5. The predicted octanol–water partition coefficient (Wildman–Crippen LogP) is 2.06. The number of carbonyl (C=O) groups is 1. The van der Waals surface area contributed by atoms with E-state index in [1.807, 2.05) is 17.3 Å². The summed E-state index contributed by atoms with van der Waals surface area (Å²) in [5.41, 5.74) is 2.26. The predicted molar refractivity (Wildman–Crippen MR) is 104 cm³/mol. The van der Waals surface area contributed by atoms with Crippen LogP contribution in [0.25, 0.3) is 11.2 Å². The number of nitrogens with zero attached hydrogens (tertiary/aromatic N) is 4. The lowest BCUT2D eigenvalue weighted by Gasteiger charge is -2.33. The summed E-state index contributed by atoms with van der Waals surface area (Å²) in [6.07, 6.45) is 5.49. The highest BCUT2D eigenvalue weighted by Gasteiger charge is 2.25. The fourth-order valence-electron chi connectivity index (χ4n) is 3.58. The summed E-state index contributed by atoms with van der Waals surface area (Å²) in [7, 11) is 0. The van der Waals surface area contributed by atoms with Crippen molar-refractivity contribution in [2.45, 2.75) is 31.8 Å². The molecule has 26 heavy (non-hydrogen) atoms. The first-order chi connectivity index (χ1) is 11.7. The fraction of sp³-hybridized carbons (Fsp3) is 0.588. The van der Waals surface area contributed by atoms with Crippen LogP contribution in [0.2, 0.25) is 0 Å². The number of imidazole rings is 1. The number of nitrogens with one attached hydrogen (secondary N) is 1. The Kier molecular flexibility index (Phi) is 7.23. The minimum atomic E-state index is 0. The minimum absolute atomic E-state index is 0. The van der Waals surface area contributed by atoms with Gasteiger partial charge in [-0.15, -0.1) is 24.8 Å². The zero-order valence-corrected chi connectivity index (χ0v) is 16.4. The molecular formula is C17H25Cl2N5O2. The number of hydrogen-bond acceptors (Lipinski definition) is 5. The van der Waals surface area contributed by atoms with Crippen molar-refractivity contribution >= 4 is 41.9 Å². The Bertz CT molecular complexity index is 748. The quantitative estimate of drug-likeness (QED) is 0.833. The Labute approximate surface area is 165 Å². The Morgan fingerprint density at radius 2 is 2.04 bits per heavy atom. The van der Waals surface area contributed by atoms with E-state index in [1.165, 1.54) is 0 Å². The second kappa shape index (κ2) is 8.99. The first kappa shape index (κ1) is 20.9. The molecule has 4 heterocycles. The molecule has 7 nitrogen and oxygen atoms in total. The standard InChI is InChI=1S/C17H23N5O2.2ClH/c1-12-9-18-4-5-21(12)17(23)13-8-15-16(19-10-13)22(11-20-15)14-2-6-24-7-3-14;;/h8,10-12,14,18H,2-7,9H2,1H3;2*1H. The zero-order valence-electron chi connectivity index (χ0n) is 14.8. The third-order valence-corrected chi connectivity index (χ3v) is 5.01. The summed E-state index contributed by atoms with van der Waals surface area (Å²) in [6, 6.07) is 2.45. The van der Waals surface area contributed by atoms with Crippen LogP contribution in [0.3, 0.4) is 0 Å². The molecule has 2 saturated heterocycles. The topological polar surface area (TPSA) is 72.3 Å². The van der Waals surface area contributed by atoms with Gasteiger partial charge in [0.25, 0.3) is 5.91 Å². The molecule has 0 spiro atoms. The first-order valence-electron chi connectivity index (χ1n) is 8.66. The van der Waals surface area contributed by atoms with Crippen molar-refractivity contribution in [1.29, 1.82) is 0 Å². The smallest absolute Gasteiger partial charge is 0.255 e. The van der Waals surface area contributed by atoms with Crippen LogP contribution in [-0.2, 0) is 4.74 Å². The van der Waals surface area contributed by atoms with E-state index in [2.05, 4.69) is 26.8 Å². The van der Waals surface area contributed by atoms with Gasteiger partial charge in [0.05, 0.1) is 11.9 Å². The van der Waals surface area contributed by atoms with E-state index in [1.54, 1.807) is 6.20 Å². The number of aromatic nitrogens is 3. The Morgan fingerprint density at radius 3 is 2.77 bits per heavy atom. The molecule has 2 aliphatic heterocycles. The second-order valence-corrected chi connectivity index (χ2v) is 6.61. The zero-order chi connectivity index (χ0) is 16.5. The van der Waals surface area contributed by atoms with Crippen molar-refractivity contribution in [3.63, 3.8) is 0 Å². The lowest BCUT2D eigenvalue weighted by Crippen LogP contribution is -2.52. The minimum Gasteiger partial charge on any atom is -0.381 e. The van der Waals surface area contributed by atoms with Crippen LogP contribution in [0.4, 0.5) is 0 Å². The van der Waals surface area contributed by atoms with E-state index < -0.39 is 0 Å². The number of piperazine rings is 1. The normalized spacial score (nSPS) is 21.1. The van der Waals surface area contributed by atoms with Crippen molar-refractivity contribution in [2.75, 3.05) is 32.8 Å². The van der Waals surface area contributed by atoms with E-state index in [0.717, 1.165) is 56.9 Å². The molecule has 144 valence electrons. The van der Waals surface area contributed by atoms with Gasteiger partial charge in [-0.2, -0.15) is 0 Å². The van der Waals surface area contributed by atoms with Gasteiger partial charge in [-0.3, -0.25) is 4.79 Å². The molecule has 0 radical (unpaired) electrons. The number of rotatable bonds is 2. The molecule has 0 aliphatic carbocycles. The van der Waals surface area contributed by atoms with Crippen molar-refractivity contribution in [3.05, 3.63) is 24.2 Å². The molecular weight excluding hydrogens is 377 g/mol. The van der Waals surface area contributed by atoms with E-state index >= 15 is 0 Å². The van der Waals surface area contributed by atoms with E-state index in [4.69, 9.17) is 4.74 Å². The molecule has 1 amide bonds. The van der Waals surface area contributed by atoms with Gasteiger partial charge < -0.3 is 19.5 Å². The Hall–Kier alpha value is -1.41. The van der Waals surface area contributed by atoms with Crippen molar-refractivity contribution in [2.24, 2.45) is 0 Å². The maximum atomic E-state index is 12.8. The third kappa shape index (κ3) is 3.96. The fourth-order valence-corrected chi connectivity index (χ4v) is 3.58. The summed E-state index contributed by atoms with van der Waals surface area (Å²) >= 11 is 0. The van der Waals surface area contributed by atoms with Gasteiger partial charge in [0.15, 0.2) is 5.65 Å². The molecule has 1 N–H and O–H groups in total. The Morgan fingerprint density at radius 1 is 1.27 bits per heavy atom. The summed E-state index contributed by atoms with van der Waals surface area (Å²) in [6.45, 7) is 6.03.